The monoisotopic (exact) mass is 143 g/mol. The molecule has 0 amide bonds. The lowest BCUT2D eigenvalue weighted by Gasteiger charge is -2.00. The van der Waals surface area contributed by atoms with Crippen LogP contribution in [0.5, 0.6) is 0 Å². The number of carbonyl (C=O) groups is 1. The van der Waals surface area contributed by atoms with Crippen LogP contribution in [0.3, 0.4) is 0 Å². The van der Waals surface area contributed by atoms with E-state index >= 15 is 0 Å². The zero-order chi connectivity index (χ0) is 7.98. The van der Waals surface area contributed by atoms with Crippen LogP contribution in [0.4, 0.5) is 0 Å². The maximum absolute atomic E-state index is 10.6. The van der Waals surface area contributed by atoms with Gasteiger partial charge >= 0.3 is 5.97 Å². The summed E-state index contributed by atoms with van der Waals surface area (Å²) >= 11 is 0. The third kappa shape index (κ3) is 3.95. The molecule has 0 spiro atoms. The summed E-state index contributed by atoms with van der Waals surface area (Å²) in [7, 11) is 1.36. The van der Waals surface area contributed by atoms with Gasteiger partial charge in [-0.05, 0) is 13.8 Å². The van der Waals surface area contributed by atoms with Gasteiger partial charge in [0, 0.05) is 18.3 Å². The van der Waals surface area contributed by atoms with Crippen LogP contribution in [-0.4, -0.2) is 19.6 Å². The molecule has 0 aliphatic heterocycles. The summed E-state index contributed by atoms with van der Waals surface area (Å²) < 4.78 is 4.41. The Labute approximate surface area is 61.1 Å². The second-order valence-electron chi connectivity index (χ2n) is 1.88. The highest BCUT2D eigenvalue weighted by atomic mass is 16.5. The van der Waals surface area contributed by atoms with Crippen molar-refractivity contribution in [1.82, 2.24) is 5.32 Å². The van der Waals surface area contributed by atoms with Crippen LogP contribution in [-0.2, 0) is 9.53 Å². The van der Waals surface area contributed by atoms with Gasteiger partial charge in [-0.25, -0.2) is 4.79 Å². The summed E-state index contributed by atoms with van der Waals surface area (Å²) in [6.07, 6.45) is 1.42. The molecule has 0 heterocycles. The first-order valence-electron chi connectivity index (χ1n) is 3.20. The molecule has 0 atom stereocenters. The van der Waals surface area contributed by atoms with E-state index in [0.717, 1.165) is 12.2 Å². The molecule has 0 aromatic heterocycles. The number of nitrogens with one attached hydrogen (secondary N) is 1. The molecular formula is C7H13NO2. The van der Waals surface area contributed by atoms with Crippen LogP contribution in [0.1, 0.15) is 13.8 Å². The number of methoxy groups -OCH3 is 1. The maximum Gasteiger partial charge on any atom is 0.332 e. The lowest BCUT2D eigenvalue weighted by atomic mass is 10.4. The van der Waals surface area contributed by atoms with Crippen LogP contribution < -0.4 is 5.32 Å². The Bertz CT molecular complexity index is 141. The Morgan fingerprint density at radius 1 is 1.70 bits per heavy atom. The van der Waals surface area contributed by atoms with E-state index in [-0.39, 0.29) is 5.97 Å². The number of hydrogen-bond donors (Lipinski definition) is 1. The topological polar surface area (TPSA) is 38.3 Å². The Morgan fingerprint density at radius 2 is 2.30 bits per heavy atom. The largest absolute Gasteiger partial charge is 0.466 e. The van der Waals surface area contributed by atoms with Crippen LogP contribution in [0, 0.1) is 0 Å². The predicted octanol–water partition coefficient (Wildman–Crippen LogP) is 0.673. The smallest absolute Gasteiger partial charge is 0.332 e. The third-order valence-corrected chi connectivity index (χ3v) is 0.991. The van der Waals surface area contributed by atoms with Crippen molar-refractivity contribution in [2.75, 3.05) is 13.7 Å². The van der Waals surface area contributed by atoms with E-state index in [2.05, 4.69) is 10.1 Å². The molecule has 0 aliphatic carbocycles. The Hall–Kier alpha value is -0.990. The second-order valence-corrected chi connectivity index (χ2v) is 1.88. The minimum atomic E-state index is -0.321. The Morgan fingerprint density at radius 3 is 2.70 bits per heavy atom. The van der Waals surface area contributed by atoms with Gasteiger partial charge in [0.25, 0.3) is 0 Å². The summed E-state index contributed by atoms with van der Waals surface area (Å²) in [6, 6.07) is 0. The molecule has 1 N–H and O–H groups in total. The van der Waals surface area contributed by atoms with Crippen LogP contribution in [0.2, 0.25) is 0 Å². The quantitative estimate of drug-likeness (QED) is 0.466. The highest BCUT2D eigenvalue weighted by Gasteiger charge is 1.93. The Kier molecular flexibility index (Phi) is 4.37. The summed E-state index contributed by atoms with van der Waals surface area (Å²) in [5.41, 5.74) is 0.828. The van der Waals surface area contributed by atoms with E-state index in [1.165, 1.54) is 13.2 Å². The van der Waals surface area contributed by atoms with E-state index in [4.69, 9.17) is 0 Å². The minimum Gasteiger partial charge on any atom is -0.466 e. The molecule has 3 nitrogen and oxygen atoms in total. The zero-order valence-corrected chi connectivity index (χ0v) is 6.60. The average Bonchev–Trinajstić information content (AvgIpc) is 1.88. The molecular weight excluding hydrogens is 130 g/mol. The fourth-order valence-electron chi connectivity index (χ4n) is 0.566. The minimum absolute atomic E-state index is 0.321. The summed E-state index contributed by atoms with van der Waals surface area (Å²) in [4.78, 5) is 10.6. The van der Waals surface area contributed by atoms with Gasteiger partial charge in [-0.2, -0.15) is 0 Å². The first-order valence-corrected chi connectivity index (χ1v) is 3.20. The number of rotatable bonds is 3. The van der Waals surface area contributed by atoms with E-state index in [1.807, 2.05) is 13.8 Å². The van der Waals surface area contributed by atoms with Crippen LogP contribution in [0.15, 0.2) is 11.8 Å². The van der Waals surface area contributed by atoms with E-state index in [9.17, 15) is 4.79 Å². The van der Waals surface area contributed by atoms with Gasteiger partial charge in [0.2, 0.25) is 0 Å². The normalized spacial score (nSPS) is 10.9. The standard InChI is InChI=1S/C7H13NO2/c1-4-8-6(2)5-7(9)10-3/h5,8H,4H2,1-3H3. The fraction of sp³-hybridized carbons (Fsp3) is 0.571. The number of ether oxygens (including phenoxy) is 1. The molecule has 0 rings (SSSR count). The molecule has 0 aliphatic rings. The van der Waals surface area contributed by atoms with Gasteiger partial charge in [0.1, 0.15) is 0 Å². The molecule has 0 radical (unpaired) electrons. The van der Waals surface area contributed by atoms with Crippen molar-refractivity contribution in [1.29, 1.82) is 0 Å². The van der Waals surface area contributed by atoms with Gasteiger partial charge < -0.3 is 10.1 Å². The van der Waals surface area contributed by atoms with E-state index < -0.39 is 0 Å². The summed E-state index contributed by atoms with van der Waals surface area (Å²) in [6.45, 7) is 4.61. The van der Waals surface area contributed by atoms with Crippen molar-refractivity contribution in [2.24, 2.45) is 0 Å². The van der Waals surface area contributed by atoms with Crippen molar-refractivity contribution in [3.05, 3.63) is 11.8 Å². The van der Waals surface area contributed by atoms with Crippen molar-refractivity contribution >= 4 is 5.97 Å². The number of carbonyl (C=O) groups excluding carboxylic acids is 1. The first-order chi connectivity index (χ1) is 4.70. The van der Waals surface area contributed by atoms with Gasteiger partial charge in [0.05, 0.1) is 7.11 Å². The molecule has 58 valence electrons. The molecule has 0 saturated carbocycles. The highest BCUT2D eigenvalue weighted by molar-refractivity contribution is 5.82. The van der Waals surface area contributed by atoms with Gasteiger partial charge in [-0.3, -0.25) is 0 Å². The van der Waals surface area contributed by atoms with Crippen molar-refractivity contribution in [3.8, 4) is 0 Å². The van der Waals surface area contributed by atoms with E-state index in [1.54, 1.807) is 0 Å². The molecule has 0 unspecified atom stereocenters. The third-order valence-electron chi connectivity index (χ3n) is 0.991. The number of allylic oxidation sites excluding steroid dienone is 1. The van der Waals surface area contributed by atoms with E-state index in [0.29, 0.717) is 0 Å². The SMILES string of the molecule is CCNC(C)=CC(=O)OC. The zero-order valence-electron chi connectivity index (χ0n) is 6.60. The van der Waals surface area contributed by atoms with Crippen molar-refractivity contribution < 1.29 is 9.53 Å². The Balaban J connectivity index is 3.77. The van der Waals surface area contributed by atoms with Crippen molar-refractivity contribution in [3.63, 3.8) is 0 Å². The number of esters is 1. The lowest BCUT2D eigenvalue weighted by Crippen LogP contribution is -2.11. The summed E-state index contributed by atoms with van der Waals surface area (Å²) in [5.74, 6) is -0.321. The molecule has 10 heavy (non-hydrogen) atoms. The predicted molar refractivity (Wildman–Crippen MR) is 39.4 cm³/mol. The van der Waals surface area contributed by atoms with Gasteiger partial charge in [-0.1, -0.05) is 0 Å². The molecule has 0 bridgehead atoms. The maximum atomic E-state index is 10.6. The molecule has 0 saturated heterocycles. The lowest BCUT2D eigenvalue weighted by molar-refractivity contribution is -0.134. The molecule has 0 aromatic carbocycles. The molecule has 0 aromatic rings. The first kappa shape index (κ1) is 9.01. The fourth-order valence-corrected chi connectivity index (χ4v) is 0.566. The van der Waals surface area contributed by atoms with Crippen LogP contribution >= 0.6 is 0 Å². The second kappa shape index (κ2) is 4.85. The highest BCUT2D eigenvalue weighted by Crippen LogP contribution is 1.86. The van der Waals surface area contributed by atoms with Gasteiger partial charge in [-0.15, -0.1) is 0 Å². The van der Waals surface area contributed by atoms with Crippen LogP contribution in [0.25, 0.3) is 0 Å². The van der Waals surface area contributed by atoms with Crippen molar-refractivity contribution in [2.45, 2.75) is 13.8 Å². The van der Waals surface area contributed by atoms with Gasteiger partial charge in [0.15, 0.2) is 0 Å². The molecule has 3 heteroatoms. The average molecular weight is 143 g/mol. The number of hydrogen-bond acceptors (Lipinski definition) is 3. The molecule has 0 fully saturated rings. The summed E-state index contributed by atoms with van der Waals surface area (Å²) in [5, 5.41) is 2.97.